The van der Waals surface area contributed by atoms with Crippen LogP contribution in [0.5, 0.6) is 0 Å². The number of aromatic nitrogens is 1. The summed E-state index contributed by atoms with van der Waals surface area (Å²) in [4.78, 5) is 18.9. The lowest BCUT2D eigenvalue weighted by atomic mass is 10.2. The van der Waals surface area contributed by atoms with E-state index in [1.54, 1.807) is 6.07 Å². The van der Waals surface area contributed by atoms with Crippen molar-refractivity contribution < 1.29 is 13.9 Å². The Hall–Kier alpha value is -1.83. The third kappa shape index (κ3) is 4.37. The van der Waals surface area contributed by atoms with Crippen LogP contribution in [0.4, 0.5) is 9.52 Å². The summed E-state index contributed by atoms with van der Waals surface area (Å²) >= 11 is 1.37. The molecular weight excluding hydrogens is 329 g/mol. The molecule has 0 saturated carbocycles. The first-order valence-corrected chi connectivity index (χ1v) is 8.76. The molecule has 1 aromatic carbocycles. The van der Waals surface area contributed by atoms with Crippen LogP contribution in [0.3, 0.4) is 0 Å². The van der Waals surface area contributed by atoms with Gasteiger partial charge in [0.05, 0.1) is 17.9 Å². The number of morpholine rings is 1. The molecule has 2 atom stereocenters. The second kappa shape index (κ2) is 7.38. The van der Waals surface area contributed by atoms with Crippen molar-refractivity contribution in [1.29, 1.82) is 0 Å². The molecule has 1 N–H and O–H groups in total. The lowest BCUT2D eigenvalue weighted by Gasteiger charge is -2.34. The summed E-state index contributed by atoms with van der Waals surface area (Å²) in [5.41, 5.74) is 1.19. The van der Waals surface area contributed by atoms with Crippen LogP contribution in [0.15, 0.2) is 29.6 Å². The van der Waals surface area contributed by atoms with E-state index in [0.717, 1.165) is 25.3 Å². The van der Waals surface area contributed by atoms with E-state index in [4.69, 9.17) is 4.74 Å². The molecule has 128 valence electrons. The zero-order valence-corrected chi connectivity index (χ0v) is 14.5. The van der Waals surface area contributed by atoms with Crippen LogP contribution in [0.1, 0.15) is 29.9 Å². The van der Waals surface area contributed by atoms with Crippen LogP contribution < -0.4 is 5.32 Å². The Bertz CT molecular complexity index is 711. The Morgan fingerprint density at radius 2 is 2.17 bits per heavy atom. The van der Waals surface area contributed by atoms with Crippen molar-refractivity contribution >= 4 is 22.4 Å². The molecule has 5 nitrogen and oxygen atoms in total. The van der Waals surface area contributed by atoms with Crippen LogP contribution in [-0.4, -0.2) is 41.1 Å². The fourth-order valence-electron chi connectivity index (χ4n) is 2.88. The number of nitrogens with one attached hydrogen (secondary N) is 1. The van der Waals surface area contributed by atoms with Crippen molar-refractivity contribution in [3.63, 3.8) is 0 Å². The van der Waals surface area contributed by atoms with E-state index >= 15 is 0 Å². The Kier molecular flexibility index (Phi) is 5.23. The first-order valence-electron chi connectivity index (χ1n) is 7.89. The summed E-state index contributed by atoms with van der Waals surface area (Å²) in [5.74, 6) is -0.790. The quantitative estimate of drug-likeness (QED) is 0.921. The van der Waals surface area contributed by atoms with Gasteiger partial charge in [-0.3, -0.25) is 15.0 Å². The minimum Gasteiger partial charge on any atom is -0.373 e. The largest absolute Gasteiger partial charge is 0.373 e. The number of nitrogens with zero attached hydrogens (tertiary/aromatic N) is 2. The number of carbonyl (C=O) groups is 1. The minimum atomic E-state index is -0.432. The molecule has 1 amide bonds. The molecule has 7 heteroatoms. The number of ether oxygens (including phenoxy) is 1. The average Bonchev–Trinajstić information content (AvgIpc) is 2.93. The van der Waals surface area contributed by atoms with Crippen molar-refractivity contribution in [3.05, 3.63) is 46.7 Å². The first kappa shape index (κ1) is 17.0. The van der Waals surface area contributed by atoms with Crippen LogP contribution in [0.25, 0.3) is 0 Å². The minimum absolute atomic E-state index is 0.208. The van der Waals surface area contributed by atoms with Crippen LogP contribution in [0.2, 0.25) is 0 Å². The lowest BCUT2D eigenvalue weighted by molar-refractivity contribution is -0.0707. The molecule has 0 bridgehead atoms. The van der Waals surface area contributed by atoms with Gasteiger partial charge in [-0.2, -0.15) is 0 Å². The Morgan fingerprint density at radius 3 is 2.88 bits per heavy atom. The second-order valence-electron chi connectivity index (χ2n) is 6.06. The Balaban J connectivity index is 1.60. The van der Waals surface area contributed by atoms with Crippen molar-refractivity contribution in [2.75, 3.05) is 18.4 Å². The molecule has 3 rings (SSSR count). The van der Waals surface area contributed by atoms with Crippen LogP contribution >= 0.6 is 11.3 Å². The number of thiazole rings is 1. The van der Waals surface area contributed by atoms with E-state index in [-0.39, 0.29) is 23.7 Å². The van der Waals surface area contributed by atoms with Crippen LogP contribution in [-0.2, 0) is 11.3 Å². The van der Waals surface area contributed by atoms with Crippen molar-refractivity contribution in [1.82, 2.24) is 9.88 Å². The van der Waals surface area contributed by atoms with Gasteiger partial charge in [-0.25, -0.2) is 9.37 Å². The standard InChI is InChI=1S/C17H20FN3O2S/c1-11-7-21(8-12(2)23-11)9-15-10-24-17(19-15)20-16(22)13-4-3-5-14(18)6-13/h3-6,10-12H,7-9H2,1-2H3,(H,19,20,22). The second-order valence-corrected chi connectivity index (χ2v) is 6.92. The van der Waals surface area contributed by atoms with E-state index in [1.807, 2.05) is 5.38 Å². The van der Waals surface area contributed by atoms with Gasteiger partial charge in [0.25, 0.3) is 5.91 Å². The smallest absolute Gasteiger partial charge is 0.257 e. The molecule has 1 aliphatic heterocycles. The Morgan fingerprint density at radius 1 is 1.42 bits per heavy atom. The molecule has 0 aliphatic carbocycles. The molecule has 1 saturated heterocycles. The molecule has 0 radical (unpaired) electrons. The average molecular weight is 349 g/mol. The lowest BCUT2D eigenvalue weighted by Crippen LogP contribution is -2.44. The van der Waals surface area contributed by atoms with E-state index < -0.39 is 5.82 Å². The number of rotatable bonds is 4. The summed E-state index contributed by atoms with van der Waals surface area (Å²) in [6.07, 6.45) is 0.416. The number of hydrogen-bond acceptors (Lipinski definition) is 5. The predicted molar refractivity (Wildman–Crippen MR) is 91.8 cm³/mol. The number of halogens is 1. The molecule has 2 aromatic rings. The highest BCUT2D eigenvalue weighted by Crippen LogP contribution is 2.20. The SMILES string of the molecule is CC1CN(Cc2csc(NC(=O)c3cccc(F)c3)n2)CC(C)O1. The van der Waals surface area contributed by atoms with Gasteiger partial charge in [0.2, 0.25) is 0 Å². The van der Waals surface area contributed by atoms with Gasteiger partial charge in [-0.1, -0.05) is 6.07 Å². The highest BCUT2D eigenvalue weighted by molar-refractivity contribution is 7.13. The van der Waals surface area contributed by atoms with E-state index in [1.165, 1.54) is 29.5 Å². The van der Waals surface area contributed by atoms with Gasteiger partial charge < -0.3 is 4.74 Å². The molecule has 2 heterocycles. The number of hydrogen-bond donors (Lipinski definition) is 1. The normalized spacial score (nSPS) is 21.6. The van der Waals surface area contributed by atoms with E-state index in [0.29, 0.717) is 5.13 Å². The molecule has 1 aliphatic rings. The summed E-state index contributed by atoms with van der Waals surface area (Å²) in [6, 6.07) is 5.60. The first-order chi connectivity index (χ1) is 11.5. The van der Waals surface area contributed by atoms with Crippen molar-refractivity contribution in [2.24, 2.45) is 0 Å². The maximum absolute atomic E-state index is 13.2. The van der Waals surface area contributed by atoms with Gasteiger partial charge in [-0.05, 0) is 32.0 Å². The summed E-state index contributed by atoms with van der Waals surface area (Å²) < 4.78 is 18.9. The summed E-state index contributed by atoms with van der Waals surface area (Å²) in [6.45, 7) is 6.59. The highest BCUT2D eigenvalue weighted by atomic mass is 32.1. The number of amides is 1. The third-order valence-corrected chi connectivity index (χ3v) is 4.55. The van der Waals surface area contributed by atoms with E-state index in [9.17, 15) is 9.18 Å². The fourth-order valence-corrected chi connectivity index (χ4v) is 3.58. The highest BCUT2D eigenvalue weighted by Gasteiger charge is 2.22. The maximum atomic E-state index is 13.2. The van der Waals surface area contributed by atoms with Gasteiger partial charge in [0.1, 0.15) is 5.82 Å². The molecule has 1 fully saturated rings. The zero-order chi connectivity index (χ0) is 17.1. The number of benzene rings is 1. The van der Waals surface area contributed by atoms with Gasteiger partial charge >= 0.3 is 0 Å². The maximum Gasteiger partial charge on any atom is 0.257 e. The van der Waals surface area contributed by atoms with Gasteiger partial charge in [-0.15, -0.1) is 11.3 Å². The van der Waals surface area contributed by atoms with Gasteiger partial charge in [0.15, 0.2) is 5.13 Å². The van der Waals surface area contributed by atoms with Crippen molar-refractivity contribution in [2.45, 2.75) is 32.6 Å². The van der Waals surface area contributed by atoms with Crippen LogP contribution in [0, 0.1) is 5.82 Å². The monoisotopic (exact) mass is 349 g/mol. The Labute approximate surface area is 144 Å². The molecule has 2 unspecified atom stereocenters. The molecule has 24 heavy (non-hydrogen) atoms. The topological polar surface area (TPSA) is 54.5 Å². The fraction of sp³-hybridized carbons (Fsp3) is 0.412. The number of carbonyl (C=O) groups excluding carboxylic acids is 1. The summed E-state index contributed by atoms with van der Waals surface area (Å²) in [5, 5.41) is 5.18. The summed E-state index contributed by atoms with van der Waals surface area (Å²) in [7, 11) is 0. The number of anilines is 1. The predicted octanol–water partition coefficient (Wildman–Crippen LogP) is 3.14. The van der Waals surface area contributed by atoms with Gasteiger partial charge in [0, 0.05) is 30.6 Å². The van der Waals surface area contributed by atoms with E-state index in [2.05, 4.69) is 29.0 Å². The third-order valence-electron chi connectivity index (χ3n) is 3.74. The van der Waals surface area contributed by atoms with Crippen molar-refractivity contribution in [3.8, 4) is 0 Å². The zero-order valence-electron chi connectivity index (χ0n) is 13.7. The molecule has 0 spiro atoms. The molecule has 1 aromatic heterocycles. The molecular formula is C17H20FN3O2S.